The van der Waals surface area contributed by atoms with Crippen molar-refractivity contribution in [2.75, 3.05) is 13.1 Å². The highest BCUT2D eigenvalue weighted by molar-refractivity contribution is 6.31. The van der Waals surface area contributed by atoms with Gasteiger partial charge in [0.25, 0.3) is 5.56 Å². The molecule has 186 valence electrons. The molecular weight excluding hydrogens is 464 g/mol. The Morgan fingerprint density at radius 3 is 2.51 bits per heavy atom. The molecule has 8 heteroatoms. The maximum absolute atomic E-state index is 14.0. The number of nitrogens with zero attached hydrogens (tertiary/aromatic N) is 3. The minimum atomic E-state index is -0.419. The molecule has 0 spiro atoms. The van der Waals surface area contributed by atoms with Crippen LogP contribution in [0.5, 0.6) is 0 Å². The zero-order chi connectivity index (χ0) is 24.3. The molecule has 35 heavy (non-hydrogen) atoms. The van der Waals surface area contributed by atoms with Crippen LogP contribution in [0.15, 0.2) is 23.0 Å². The number of carbonyl (C=O) groups is 2. The van der Waals surface area contributed by atoms with E-state index in [9.17, 15) is 14.4 Å². The van der Waals surface area contributed by atoms with E-state index in [1.165, 1.54) is 19.3 Å². The van der Waals surface area contributed by atoms with Crippen molar-refractivity contribution in [1.82, 2.24) is 19.8 Å². The Morgan fingerprint density at radius 1 is 1.17 bits per heavy atom. The summed E-state index contributed by atoms with van der Waals surface area (Å²) in [5, 5.41) is 0.977. The molecule has 1 saturated heterocycles. The number of rotatable bonds is 5. The van der Waals surface area contributed by atoms with Crippen molar-refractivity contribution in [2.24, 2.45) is 23.2 Å². The Hall–Kier alpha value is -2.41. The van der Waals surface area contributed by atoms with Crippen LogP contribution in [-0.4, -0.2) is 50.7 Å². The first-order chi connectivity index (χ1) is 16.8. The molecule has 4 bridgehead atoms. The Bertz CT molecular complexity index is 1210. The van der Waals surface area contributed by atoms with Gasteiger partial charge in [-0.3, -0.25) is 14.4 Å². The molecule has 1 unspecified atom stereocenters. The van der Waals surface area contributed by atoms with E-state index in [0.717, 1.165) is 25.7 Å². The smallest absolute Gasteiger partial charge is 0.258 e. The van der Waals surface area contributed by atoms with Crippen LogP contribution in [0.25, 0.3) is 10.9 Å². The molecule has 1 aliphatic heterocycles. The number of benzene rings is 1. The SMILES string of the molecule is CCN(Cc1nc2cc(Cl)ccc2c(=O)[nH]1)C(=O)C1CCCN1C(=O)C12CC3CC(CC(C3)C1)C2. The molecule has 5 aliphatic rings. The summed E-state index contributed by atoms with van der Waals surface area (Å²) in [4.78, 5) is 51.3. The highest BCUT2D eigenvalue weighted by Crippen LogP contribution is 2.60. The minimum absolute atomic E-state index is 0.0445. The van der Waals surface area contributed by atoms with E-state index in [4.69, 9.17) is 11.6 Å². The number of H-pyrrole nitrogens is 1. The van der Waals surface area contributed by atoms with Crippen molar-refractivity contribution >= 4 is 34.3 Å². The Balaban J connectivity index is 1.22. The number of amides is 2. The fraction of sp³-hybridized carbons (Fsp3) is 0.630. The molecule has 2 heterocycles. The van der Waals surface area contributed by atoms with E-state index in [-0.39, 0.29) is 29.3 Å². The first-order valence-corrected chi connectivity index (χ1v) is 13.5. The number of aromatic nitrogens is 2. The number of likely N-dealkylation sites (N-methyl/N-ethyl adjacent to an activating group) is 1. The van der Waals surface area contributed by atoms with Crippen LogP contribution in [0.4, 0.5) is 0 Å². The Morgan fingerprint density at radius 2 is 1.86 bits per heavy atom. The molecule has 1 aromatic carbocycles. The second-order valence-corrected chi connectivity index (χ2v) is 11.8. The predicted molar refractivity (Wildman–Crippen MR) is 134 cm³/mol. The number of carbonyl (C=O) groups excluding carboxylic acids is 2. The average molecular weight is 497 g/mol. The number of likely N-dealkylation sites (tertiary alicyclic amines) is 1. The van der Waals surface area contributed by atoms with Crippen molar-refractivity contribution < 1.29 is 9.59 Å². The molecule has 2 aromatic rings. The van der Waals surface area contributed by atoms with Crippen LogP contribution in [0.3, 0.4) is 0 Å². The maximum Gasteiger partial charge on any atom is 0.258 e. The molecule has 1 atom stereocenters. The zero-order valence-corrected chi connectivity index (χ0v) is 21.0. The second-order valence-electron chi connectivity index (χ2n) is 11.4. The van der Waals surface area contributed by atoms with Crippen LogP contribution in [0, 0.1) is 23.2 Å². The number of hydrogen-bond donors (Lipinski definition) is 1. The lowest BCUT2D eigenvalue weighted by Gasteiger charge is -2.56. The molecule has 5 fully saturated rings. The van der Waals surface area contributed by atoms with E-state index in [0.29, 0.717) is 59.0 Å². The molecule has 4 aliphatic carbocycles. The fourth-order valence-electron chi connectivity index (χ4n) is 7.92. The summed E-state index contributed by atoms with van der Waals surface area (Å²) in [5.74, 6) is 2.69. The third kappa shape index (κ3) is 3.96. The lowest BCUT2D eigenvalue weighted by atomic mass is 9.49. The van der Waals surface area contributed by atoms with Crippen molar-refractivity contribution in [2.45, 2.75) is 70.9 Å². The summed E-state index contributed by atoms with van der Waals surface area (Å²) in [6, 6.07) is 4.56. The van der Waals surface area contributed by atoms with Crippen LogP contribution in [0.1, 0.15) is 64.1 Å². The summed E-state index contributed by atoms with van der Waals surface area (Å²) < 4.78 is 0. The number of fused-ring (bicyclic) bond motifs is 1. The van der Waals surface area contributed by atoms with Crippen LogP contribution < -0.4 is 5.56 Å². The summed E-state index contributed by atoms with van der Waals surface area (Å²) >= 11 is 6.10. The average Bonchev–Trinajstić information content (AvgIpc) is 3.30. The topological polar surface area (TPSA) is 86.4 Å². The van der Waals surface area contributed by atoms with Gasteiger partial charge in [0.2, 0.25) is 11.8 Å². The van der Waals surface area contributed by atoms with E-state index in [2.05, 4.69) is 9.97 Å². The summed E-state index contributed by atoms with van der Waals surface area (Å²) in [6.07, 6.45) is 8.47. The molecule has 7 rings (SSSR count). The van der Waals surface area contributed by atoms with E-state index >= 15 is 0 Å². The Kier molecular flexibility index (Phi) is 5.66. The van der Waals surface area contributed by atoms with Gasteiger partial charge in [-0.1, -0.05) is 11.6 Å². The van der Waals surface area contributed by atoms with Gasteiger partial charge < -0.3 is 14.8 Å². The highest BCUT2D eigenvalue weighted by Gasteiger charge is 2.57. The molecule has 1 N–H and O–H groups in total. The first-order valence-electron chi connectivity index (χ1n) is 13.1. The largest absolute Gasteiger partial charge is 0.334 e. The lowest BCUT2D eigenvalue weighted by molar-refractivity contribution is -0.162. The molecule has 7 nitrogen and oxygen atoms in total. The van der Waals surface area contributed by atoms with Gasteiger partial charge in [-0.25, -0.2) is 4.98 Å². The third-order valence-corrected chi connectivity index (χ3v) is 9.28. The standard InChI is InChI=1S/C27H33ClN4O3/c1-2-31(15-23-29-21-11-19(28)5-6-20(21)24(33)30-23)25(34)22-4-3-7-32(22)26(35)27-12-16-8-17(13-27)10-18(9-16)14-27/h5-6,11,16-18,22H,2-4,7-10,12-15H2,1H3,(H,29,30,33). The summed E-state index contributed by atoms with van der Waals surface area (Å²) in [6.45, 7) is 3.27. The van der Waals surface area contributed by atoms with Gasteiger partial charge in [-0.05, 0) is 94.2 Å². The first kappa shape index (κ1) is 23.0. The second kappa shape index (κ2) is 8.61. The summed E-state index contributed by atoms with van der Waals surface area (Å²) in [7, 11) is 0. The summed E-state index contributed by atoms with van der Waals surface area (Å²) in [5.41, 5.74) is 0.0305. The van der Waals surface area contributed by atoms with Gasteiger partial charge in [-0.2, -0.15) is 0 Å². The van der Waals surface area contributed by atoms with Gasteiger partial charge in [0.15, 0.2) is 0 Å². The monoisotopic (exact) mass is 496 g/mol. The van der Waals surface area contributed by atoms with Gasteiger partial charge in [0, 0.05) is 18.1 Å². The van der Waals surface area contributed by atoms with Gasteiger partial charge >= 0.3 is 0 Å². The normalized spacial score (nSPS) is 31.3. The molecule has 4 saturated carbocycles. The van der Waals surface area contributed by atoms with Crippen molar-refractivity contribution in [3.8, 4) is 0 Å². The highest BCUT2D eigenvalue weighted by atomic mass is 35.5. The number of nitrogens with one attached hydrogen (secondary N) is 1. The van der Waals surface area contributed by atoms with E-state index in [1.54, 1.807) is 23.1 Å². The van der Waals surface area contributed by atoms with Crippen molar-refractivity contribution in [3.63, 3.8) is 0 Å². The Labute approximate surface area is 210 Å². The van der Waals surface area contributed by atoms with Crippen LogP contribution in [-0.2, 0) is 16.1 Å². The maximum atomic E-state index is 14.0. The molecule has 2 amide bonds. The van der Waals surface area contributed by atoms with Gasteiger partial charge in [0.05, 0.1) is 22.9 Å². The fourth-order valence-corrected chi connectivity index (χ4v) is 8.08. The molecular formula is C27H33ClN4O3. The molecule has 1 aromatic heterocycles. The number of aromatic amines is 1. The van der Waals surface area contributed by atoms with Crippen molar-refractivity contribution in [1.29, 1.82) is 0 Å². The van der Waals surface area contributed by atoms with E-state index in [1.807, 2.05) is 11.8 Å². The zero-order valence-electron chi connectivity index (χ0n) is 20.3. The quantitative estimate of drug-likeness (QED) is 0.674. The van der Waals surface area contributed by atoms with Gasteiger partial charge in [-0.15, -0.1) is 0 Å². The number of halogens is 1. The van der Waals surface area contributed by atoms with Crippen molar-refractivity contribution in [3.05, 3.63) is 39.4 Å². The number of hydrogen-bond acceptors (Lipinski definition) is 4. The van der Waals surface area contributed by atoms with Crippen LogP contribution in [0.2, 0.25) is 5.02 Å². The minimum Gasteiger partial charge on any atom is -0.334 e. The third-order valence-electron chi connectivity index (χ3n) is 9.04. The lowest BCUT2D eigenvalue weighted by Crippen LogP contribution is -2.57. The molecule has 0 radical (unpaired) electrons. The van der Waals surface area contributed by atoms with E-state index < -0.39 is 6.04 Å². The van der Waals surface area contributed by atoms with Crippen LogP contribution >= 0.6 is 11.6 Å². The van der Waals surface area contributed by atoms with Gasteiger partial charge in [0.1, 0.15) is 11.9 Å². The predicted octanol–water partition coefficient (Wildman–Crippen LogP) is 4.13.